The number of rotatable bonds is 2. The van der Waals surface area contributed by atoms with Crippen LogP contribution in [-0.4, -0.2) is 22.5 Å². The van der Waals surface area contributed by atoms with Crippen LogP contribution in [0.5, 0.6) is 0 Å². The highest BCUT2D eigenvalue weighted by Gasteiger charge is 2.31. The van der Waals surface area contributed by atoms with E-state index in [1.807, 2.05) is 13.8 Å². The average Bonchev–Trinajstić information content (AvgIpc) is 2.72. The zero-order valence-electron chi connectivity index (χ0n) is 11.4. The summed E-state index contributed by atoms with van der Waals surface area (Å²) in [7, 11) is 0. The number of nitrogens with zero attached hydrogens (tertiary/aromatic N) is 2. The van der Waals surface area contributed by atoms with Crippen molar-refractivity contribution in [2.75, 3.05) is 12.3 Å². The van der Waals surface area contributed by atoms with E-state index >= 15 is 0 Å². The predicted octanol–water partition coefficient (Wildman–Crippen LogP) is 3.28. The molecule has 2 N–H and O–H groups in total. The third-order valence-corrected chi connectivity index (χ3v) is 2.75. The molecule has 0 aliphatic carbocycles. The lowest BCUT2D eigenvalue weighted by atomic mass is 10.1. The van der Waals surface area contributed by atoms with Gasteiger partial charge in [0.2, 0.25) is 0 Å². The summed E-state index contributed by atoms with van der Waals surface area (Å²) < 4.78 is 43.8. The number of carbonyl (C=O) groups excluding carboxylic acids is 1. The minimum absolute atomic E-state index is 0.0614. The van der Waals surface area contributed by atoms with Crippen LogP contribution >= 0.6 is 0 Å². The Bertz CT molecular complexity index is 677. The van der Waals surface area contributed by atoms with Gasteiger partial charge in [-0.15, -0.1) is 5.10 Å². The number of benzene rings is 1. The molecule has 0 unspecified atom stereocenters. The van der Waals surface area contributed by atoms with E-state index in [4.69, 9.17) is 10.5 Å². The van der Waals surface area contributed by atoms with E-state index in [1.165, 1.54) is 0 Å². The number of carbonyl (C=O) groups is 1. The highest BCUT2D eigenvalue weighted by Crippen LogP contribution is 2.32. The van der Waals surface area contributed by atoms with E-state index in [0.29, 0.717) is 0 Å². The van der Waals surface area contributed by atoms with Crippen LogP contribution in [0.2, 0.25) is 0 Å². The lowest BCUT2D eigenvalue weighted by Crippen LogP contribution is -2.18. The van der Waals surface area contributed by atoms with Gasteiger partial charge in [0.15, 0.2) is 5.82 Å². The Kier molecular flexibility index (Phi) is 3.80. The fourth-order valence-corrected chi connectivity index (χ4v) is 1.76. The minimum Gasteiger partial charge on any atom is -0.448 e. The summed E-state index contributed by atoms with van der Waals surface area (Å²) >= 11 is 0. The van der Waals surface area contributed by atoms with Gasteiger partial charge in [0.05, 0.1) is 17.7 Å². The third kappa shape index (κ3) is 3.09. The number of fused-ring (bicyclic) bond motifs is 1. The predicted molar refractivity (Wildman–Crippen MR) is 70.7 cm³/mol. The SMILES string of the molecule is CC(C)COC(=O)n1nc(N)c2cc(C(F)(F)F)ccc21. The van der Waals surface area contributed by atoms with Crippen LogP contribution in [0.1, 0.15) is 19.4 Å². The smallest absolute Gasteiger partial charge is 0.435 e. The van der Waals surface area contributed by atoms with E-state index in [0.717, 1.165) is 22.9 Å². The van der Waals surface area contributed by atoms with Crippen LogP contribution in [0.3, 0.4) is 0 Å². The molecule has 1 heterocycles. The zero-order valence-corrected chi connectivity index (χ0v) is 11.4. The number of alkyl halides is 3. The lowest BCUT2D eigenvalue weighted by molar-refractivity contribution is -0.137. The number of hydrogen-bond acceptors (Lipinski definition) is 4. The summed E-state index contributed by atoms with van der Waals surface area (Å²) in [5.74, 6) is -0.0254. The molecule has 0 aliphatic heterocycles. The third-order valence-electron chi connectivity index (χ3n) is 2.75. The molecule has 0 atom stereocenters. The number of anilines is 1. The maximum atomic E-state index is 12.7. The molecule has 2 rings (SSSR count). The Balaban J connectivity index is 2.42. The number of nitrogens with two attached hydrogens (primary N) is 1. The van der Waals surface area contributed by atoms with Gasteiger partial charge in [-0.25, -0.2) is 4.79 Å². The molecule has 1 aromatic carbocycles. The van der Waals surface area contributed by atoms with Crippen LogP contribution < -0.4 is 5.73 Å². The summed E-state index contributed by atoms with van der Waals surface area (Å²) in [6.45, 7) is 3.90. The molecule has 21 heavy (non-hydrogen) atoms. The standard InChI is InChI=1S/C13H14F3N3O2/c1-7(2)6-21-12(20)19-10-4-3-8(13(14,15)16)5-9(10)11(17)18-19/h3-5,7H,6H2,1-2H3,(H2,17,18). The molecule has 1 aromatic heterocycles. The van der Waals surface area contributed by atoms with E-state index in [9.17, 15) is 18.0 Å². The fraction of sp³-hybridized carbons (Fsp3) is 0.385. The van der Waals surface area contributed by atoms with Crippen molar-refractivity contribution in [1.29, 1.82) is 0 Å². The molecule has 0 aliphatic rings. The lowest BCUT2D eigenvalue weighted by Gasteiger charge is -2.08. The van der Waals surface area contributed by atoms with E-state index < -0.39 is 17.8 Å². The van der Waals surface area contributed by atoms with Gasteiger partial charge in [-0.05, 0) is 24.1 Å². The van der Waals surface area contributed by atoms with Crippen LogP contribution in [-0.2, 0) is 10.9 Å². The topological polar surface area (TPSA) is 70.1 Å². The van der Waals surface area contributed by atoms with Gasteiger partial charge in [-0.1, -0.05) is 13.8 Å². The van der Waals surface area contributed by atoms with Gasteiger partial charge in [0, 0.05) is 5.39 Å². The molecule has 114 valence electrons. The molecule has 0 amide bonds. The highest BCUT2D eigenvalue weighted by atomic mass is 19.4. The van der Waals surface area contributed by atoms with Gasteiger partial charge in [-0.3, -0.25) is 0 Å². The first kappa shape index (κ1) is 15.1. The first-order valence-electron chi connectivity index (χ1n) is 6.22. The molecule has 0 fully saturated rings. The number of nitrogen functional groups attached to an aromatic ring is 1. The molecular weight excluding hydrogens is 287 g/mol. The van der Waals surface area contributed by atoms with Crippen molar-refractivity contribution in [3.63, 3.8) is 0 Å². The van der Waals surface area contributed by atoms with Gasteiger partial charge in [-0.2, -0.15) is 17.9 Å². The zero-order chi connectivity index (χ0) is 15.8. The Morgan fingerprint density at radius 3 is 2.67 bits per heavy atom. The molecule has 5 nitrogen and oxygen atoms in total. The van der Waals surface area contributed by atoms with Gasteiger partial charge in [0.25, 0.3) is 0 Å². The van der Waals surface area contributed by atoms with Crippen molar-refractivity contribution in [3.05, 3.63) is 23.8 Å². The summed E-state index contributed by atoms with van der Waals surface area (Å²) in [5, 5.41) is 3.80. The van der Waals surface area contributed by atoms with Crippen molar-refractivity contribution in [3.8, 4) is 0 Å². The maximum absolute atomic E-state index is 12.7. The molecule has 0 spiro atoms. The molecule has 0 saturated heterocycles. The van der Waals surface area contributed by atoms with Crippen molar-refractivity contribution >= 4 is 22.8 Å². The average molecular weight is 301 g/mol. The quantitative estimate of drug-likeness (QED) is 0.924. The Morgan fingerprint density at radius 2 is 2.10 bits per heavy atom. The first-order valence-corrected chi connectivity index (χ1v) is 6.22. The fourth-order valence-electron chi connectivity index (χ4n) is 1.76. The van der Waals surface area contributed by atoms with Gasteiger partial charge in [0.1, 0.15) is 0 Å². The second kappa shape index (κ2) is 5.27. The maximum Gasteiger partial charge on any atom is 0.435 e. The molecule has 2 aromatic rings. The molecule has 0 radical (unpaired) electrons. The second-order valence-corrected chi connectivity index (χ2v) is 5.00. The summed E-state index contributed by atoms with van der Waals surface area (Å²) in [6, 6.07) is 2.89. The largest absolute Gasteiger partial charge is 0.448 e. The van der Waals surface area contributed by atoms with Crippen LogP contribution in [0.25, 0.3) is 10.9 Å². The van der Waals surface area contributed by atoms with Crippen molar-refractivity contribution in [1.82, 2.24) is 9.78 Å². The summed E-state index contributed by atoms with van der Waals surface area (Å²) in [4.78, 5) is 11.9. The van der Waals surface area contributed by atoms with Gasteiger partial charge >= 0.3 is 12.3 Å². The highest BCUT2D eigenvalue weighted by molar-refractivity contribution is 5.95. The summed E-state index contributed by atoms with van der Waals surface area (Å²) in [5.41, 5.74) is 4.90. The number of aromatic nitrogens is 2. The van der Waals surface area contributed by atoms with Crippen LogP contribution in [0.4, 0.5) is 23.8 Å². The normalized spacial score (nSPS) is 12.1. The van der Waals surface area contributed by atoms with E-state index in [2.05, 4.69) is 5.10 Å². The van der Waals surface area contributed by atoms with Crippen molar-refractivity contribution < 1.29 is 22.7 Å². The van der Waals surface area contributed by atoms with Crippen molar-refractivity contribution in [2.24, 2.45) is 5.92 Å². The molecule has 8 heteroatoms. The number of hydrogen-bond donors (Lipinski definition) is 1. The van der Waals surface area contributed by atoms with Gasteiger partial charge < -0.3 is 10.5 Å². The van der Waals surface area contributed by atoms with Crippen molar-refractivity contribution in [2.45, 2.75) is 20.0 Å². The Labute approximate surface area is 118 Å². The number of ether oxygens (including phenoxy) is 1. The Hall–Kier alpha value is -2.25. The number of halogens is 3. The molecular formula is C13H14F3N3O2. The van der Waals surface area contributed by atoms with Crippen LogP contribution in [0.15, 0.2) is 18.2 Å². The second-order valence-electron chi connectivity index (χ2n) is 5.00. The van der Waals surface area contributed by atoms with Crippen LogP contribution in [0, 0.1) is 5.92 Å². The van der Waals surface area contributed by atoms with E-state index in [-0.39, 0.29) is 29.2 Å². The Morgan fingerprint density at radius 1 is 1.43 bits per heavy atom. The monoisotopic (exact) mass is 301 g/mol. The molecule has 0 saturated carbocycles. The van der Waals surface area contributed by atoms with E-state index in [1.54, 1.807) is 0 Å². The summed E-state index contributed by atoms with van der Waals surface area (Å²) in [6.07, 6.45) is -5.26. The minimum atomic E-state index is -4.49. The molecule has 0 bridgehead atoms. The first-order chi connectivity index (χ1) is 9.70.